The van der Waals surface area contributed by atoms with Crippen LogP contribution in [0.15, 0.2) is 53.1 Å². The number of nitrogens with one attached hydrogen (secondary N) is 1. The van der Waals surface area contributed by atoms with Crippen LogP contribution in [-0.2, 0) is 16.4 Å². The smallest absolute Gasteiger partial charge is 0.416 e. The Labute approximate surface area is 168 Å². The SMILES string of the molecule is O=C(Nc1cccc(C(F)(F)F)c1)C1(c2cc(-c3ccc4c(c3)OCO4)on2)CC1. The van der Waals surface area contributed by atoms with E-state index in [0.29, 0.717) is 41.4 Å². The zero-order valence-electron chi connectivity index (χ0n) is 15.5. The number of rotatable bonds is 4. The van der Waals surface area contributed by atoms with Crippen molar-refractivity contribution in [3.05, 3.63) is 59.8 Å². The Balaban J connectivity index is 1.37. The van der Waals surface area contributed by atoms with Crippen LogP contribution in [0.5, 0.6) is 11.5 Å². The Hall–Kier alpha value is -3.49. The molecule has 3 aromatic rings. The van der Waals surface area contributed by atoms with Gasteiger partial charge in [0.2, 0.25) is 12.7 Å². The van der Waals surface area contributed by atoms with Gasteiger partial charge in [-0.25, -0.2) is 0 Å². The van der Waals surface area contributed by atoms with Gasteiger partial charge in [-0.3, -0.25) is 4.79 Å². The van der Waals surface area contributed by atoms with Crippen LogP contribution in [0, 0.1) is 0 Å². The molecular weight excluding hydrogens is 401 g/mol. The van der Waals surface area contributed by atoms with Crippen molar-refractivity contribution in [2.24, 2.45) is 0 Å². The molecular formula is C21H15F3N2O4. The van der Waals surface area contributed by atoms with Gasteiger partial charge in [0.15, 0.2) is 17.3 Å². The van der Waals surface area contributed by atoms with Gasteiger partial charge < -0.3 is 19.3 Å². The molecule has 1 aromatic heterocycles. The molecule has 154 valence electrons. The van der Waals surface area contributed by atoms with Crippen LogP contribution in [0.2, 0.25) is 0 Å². The van der Waals surface area contributed by atoms with Gasteiger partial charge in [0.1, 0.15) is 0 Å². The Bertz CT molecular complexity index is 1140. The lowest BCUT2D eigenvalue weighted by molar-refractivity contribution is -0.137. The fourth-order valence-corrected chi connectivity index (χ4v) is 3.44. The standard InChI is InChI=1S/C21H15F3N2O4/c22-21(23,24)13-2-1-3-14(9-13)25-19(27)20(6-7-20)18-10-16(30-26-18)12-4-5-15-17(8-12)29-11-28-15/h1-5,8-10H,6-7,11H2,(H,25,27). The van der Waals surface area contributed by atoms with Crippen LogP contribution in [-0.4, -0.2) is 17.9 Å². The fraction of sp³-hybridized carbons (Fsp3) is 0.238. The third-order valence-corrected chi connectivity index (χ3v) is 5.29. The number of fused-ring (bicyclic) bond motifs is 1. The number of alkyl halides is 3. The van der Waals surface area contributed by atoms with Crippen LogP contribution in [0.1, 0.15) is 24.1 Å². The first kappa shape index (κ1) is 18.5. The maximum absolute atomic E-state index is 12.9. The van der Waals surface area contributed by atoms with Crippen molar-refractivity contribution in [3.63, 3.8) is 0 Å². The van der Waals surface area contributed by atoms with E-state index in [1.807, 2.05) is 0 Å². The van der Waals surface area contributed by atoms with Gasteiger partial charge in [0.05, 0.1) is 16.7 Å². The van der Waals surface area contributed by atoms with Gasteiger partial charge in [-0.1, -0.05) is 11.2 Å². The number of carbonyl (C=O) groups excluding carboxylic acids is 1. The third-order valence-electron chi connectivity index (χ3n) is 5.29. The normalized spacial score (nSPS) is 16.4. The number of anilines is 1. The second-order valence-electron chi connectivity index (χ2n) is 7.26. The molecule has 0 spiro atoms. The topological polar surface area (TPSA) is 73.6 Å². The summed E-state index contributed by atoms with van der Waals surface area (Å²) in [4.78, 5) is 12.8. The van der Waals surface area contributed by atoms with Gasteiger partial charge in [0.25, 0.3) is 0 Å². The van der Waals surface area contributed by atoms with E-state index in [4.69, 9.17) is 14.0 Å². The molecule has 2 aromatic carbocycles. The van der Waals surface area contributed by atoms with Crippen molar-refractivity contribution in [2.75, 3.05) is 12.1 Å². The molecule has 0 bridgehead atoms. The lowest BCUT2D eigenvalue weighted by atomic mass is 10.00. The van der Waals surface area contributed by atoms with Crippen molar-refractivity contribution >= 4 is 11.6 Å². The molecule has 0 radical (unpaired) electrons. The highest BCUT2D eigenvalue weighted by Gasteiger charge is 2.54. The summed E-state index contributed by atoms with van der Waals surface area (Å²) in [6.07, 6.45) is -3.42. The van der Waals surface area contributed by atoms with Crippen molar-refractivity contribution in [2.45, 2.75) is 24.4 Å². The minimum absolute atomic E-state index is 0.0839. The zero-order chi connectivity index (χ0) is 20.9. The second kappa shape index (κ2) is 6.51. The van der Waals surface area contributed by atoms with Crippen LogP contribution < -0.4 is 14.8 Å². The number of benzene rings is 2. The number of nitrogens with zero attached hydrogens (tertiary/aromatic N) is 1. The summed E-state index contributed by atoms with van der Waals surface area (Å²) in [6.45, 7) is 0.152. The Kier molecular flexibility index (Phi) is 4.02. The third kappa shape index (κ3) is 3.16. The predicted molar refractivity (Wildman–Crippen MR) is 99.0 cm³/mol. The highest BCUT2D eigenvalue weighted by molar-refractivity contribution is 6.01. The Morgan fingerprint density at radius 3 is 2.60 bits per heavy atom. The summed E-state index contributed by atoms with van der Waals surface area (Å²) < 4.78 is 54.8. The van der Waals surface area contributed by atoms with Crippen LogP contribution in [0.3, 0.4) is 0 Å². The monoisotopic (exact) mass is 416 g/mol. The molecule has 1 amide bonds. The first-order valence-corrected chi connectivity index (χ1v) is 9.21. The van der Waals surface area contributed by atoms with Crippen molar-refractivity contribution in [3.8, 4) is 22.8 Å². The van der Waals surface area contributed by atoms with E-state index in [2.05, 4.69) is 10.5 Å². The van der Waals surface area contributed by atoms with Crippen molar-refractivity contribution in [1.82, 2.24) is 5.16 Å². The van der Waals surface area contributed by atoms with Crippen molar-refractivity contribution < 1.29 is 32.0 Å². The van der Waals surface area contributed by atoms with E-state index in [0.717, 1.165) is 12.1 Å². The summed E-state index contributed by atoms with van der Waals surface area (Å²) >= 11 is 0. The fourth-order valence-electron chi connectivity index (χ4n) is 3.44. The molecule has 9 heteroatoms. The van der Waals surface area contributed by atoms with Gasteiger partial charge in [-0.15, -0.1) is 0 Å². The molecule has 0 unspecified atom stereocenters. The van der Waals surface area contributed by atoms with E-state index in [-0.39, 0.29) is 12.5 Å². The molecule has 1 fully saturated rings. The molecule has 2 heterocycles. The van der Waals surface area contributed by atoms with E-state index in [1.165, 1.54) is 12.1 Å². The van der Waals surface area contributed by atoms with E-state index < -0.39 is 23.1 Å². The van der Waals surface area contributed by atoms with E-state index >= 15 is 0 Å². The van der Waals surface area contributed by atoms with Gasteiger partial charge in [-0.05, 0) is 49.2 Å². The van der Waals surface area contributed by atoms with Crippen LogP contribution in [0.25, 0.3) is 11.3 Å². The largest absolute Gasteiger partial charge is 0.454 e. The summed E-state index contributed by atoms with van der Waals surface area (Å²) in [6, 6.07) is 11.5. The first-order chi connectivity index (χ1) is 14.3. The molecule has 30 heavy (non-hydrogen) atoms. The average molecular weight is 416 g/mol. The number of aromatic nitrogens is 1. The number of amides is 1. The molecule has 0 atom stereocenters. The first-order valence-electron chi connectivity index (χ1n) is 9.21. The molecule has 5 rings (SSSR count). The minimum atomic E-state index is -4.48. The summed E-state index contributed by atoms with van der Waals surface area (Å²) in [5.74, 6) is 1.28. The molecule has 0 saturated heterocycles. The Morgan fingerprint density at radius 1 is 1.03 bits per heavy atom. The summed E-state index contributed by atoms with van der Waals surface area (Å²) in [5.41, 5.74) is -0.490. The van der Waals surface area contributed by atoms with Crippen LogP contribution >= 0.6 is 0 Å². The number of hydrogen-bond donors (Lipinski definition) is 1. The summed E-state index contributed by atoms with van der Waals surface area (Å²) in [5, 5.41) is 6.63. The molecule has 1 N–H and O–H groups in total. The predicted octanol–water partition coefficient (Wildman–Crippen LogP) is 4.76. The van der Waals surface area contributed by atoms with Gasteiger partial charge in [0, 0.05) is 17.3 Å². The molecule has 1 aliphatic carbocycles. The number of carbonyl (C=O) groups is 1. The quantitative estimate of drug-likeness (QED) is 0.664. The molecule has 1 aliphatic heterocycles. The van der Waals surface area contributed by atoms with Gasteiger partial charge >= 0.3 is 6.18 Å². The number of hydrogen-bond acceptors (Lipinski definition) is 5. The highest BCUT2D eigenvalue weighted by atomic mass is 19.4. The molecule has 2 aliphatic rings. The minimum Gasteiger partial charge on any atom is -0.454 e. The van der Waals surface area contributed by atoms with E-state index in [1.54, 1.807) is 24.3 Å². The average Bonchev–Trinajstić information content (AvgIpc) is 3.16. The molecule has 6 nitrogen and oxygen atoms in total. The summed E-state index contributed by atoms with van der Waals surface area (Å²) in [7, 11) is 0. The number of ether oxygens (including phenoxy) is 2. The lowest BCUT2D eigenvalue weighted by Gasteiger charge is -2.14. The van der Waals surface area contributed by atoms with E-state index in [9.17, 15) is 18.0 Å². The maximum Gasteiger partial charge on any atom is 0.416 e. The maximum atomic E-state index is 12.9. The van der Waals surface area contributed by atoms with Crippen molar-refractivity contribution in [1.29, 1.82) is 0 Å². The zero-order valence-corrected chi connectivity index (χ0v) is 15.5. The lowest BCUT2D eigenvalue weighted by Crippen LogP contribution is -2.28. The highest BCUT2D eigenvalue weighted by Crippen LogP contribution is 2.49. The Morgan fingerprint density at radius 2 is 1.83 bits per heavy atom. The van der Waals surface area contributed by atoms with Gasteiger partial charge in [-0.2, -0.15) is 13.2 Å². The number of halogens is 3. The second-order valence-corrected chi connectivity index (χ2v) is 7.26. The van der Waals surface area contributed by atoms with Crippen LogP contribution in [0.4, 0.5) is 18.9 Å². The molecule has 1 saturated carbocycles.